The van der Waals surface area contributed by atoms with Crippen LogP contribution in [0.1, 0.15) is 22.4 Å². The van der Waals surface area contributed by atoms with Crippen molar-refractivity contribution in [1.29, 1.82) is 0 Å². The fourth-order valence-corrected chi connectivity index (χ4v) is 4.19. The van der Waals surface area contributed by atoms with Crippen molar-refractivity contribution in [3.05, 3.63) is 77.1 Å². The monoisotopic (exact) mass is 458 g/mol. The van der Waals surface area contributed by atoms with Gasteiger partial charge in [0.1, 0.15) is 19.0 Å². The van der Waals surface area contributed by atoms with E-state index in [2.05, 4.69) is 4.98 Å². The Morgan fingerprint density at radius 2 is 1.73 bits per heavy atom. The van der Waals surface area contributed by atoms with Gasteiger partial charge in [0.15, 0.2) is 11.5 Å². The molecule has 3 aromatic rings. The molecular weight excluding hydrogens is 441 g/mol. The number of para-hydroxylation sites is 1. The van der Waals surface area contributed by atoms with Crippen LogP contribution in [0.5, 0.6) is 17.2 Å². The number of hydrogen-bond acceptors (Lipinski definition) is 6. The number of aromatic nitrogens is 1. The Bertz CT molecular complexity index is 1260. The summed E-state index contributed by atoms with van der Waals surface area (Å²) in [6, 6.07) is 10.8. The SMILES string of the molecule is O=C1N(Cc2ncccc2C(F)(F)F)c2ccccc2C1(O)c1cc2c(cc1O)OCCO2. The summed E-state index contributed by atoms with van der Waals surface area (Å²) < 4.78 is 51.4. The number of carbonyl (C=O) groups is 1. The van der Waals surface area contributed by atoms with Gasteiger partial charge in [-0.2, -0.15) is 13.2 Å². The average Bonchev–Trinajstić information content (AvgIpc) is 3.01. The number of ether oxygens (including phenoxy) is 2. The number of anilines is 1. The maximum absolute atomic E-state index is 13.6. The van der Waals surface area contributed by atoms with E-state index in [0.717, 1.165) is 17.0 Å². The second-order valence-electron chi connectivity index (χ2n) is 7.63. The molecule has 2 N–H and O–H groups in total. The third-order valence-electron chi connectivity index (χ3n) is 5.69. The number of fused-ring (bicyclic) bond motifs is 2. The zero-order valence-corrected chi connectivity index (χ0v) is 17.0. The predicted molar refractivity (Wildman–Crippen MR) is 109 cm³/mol. The fraction of sp³-hybridized carbons (Fsp3) is 0.217. The molecule has 1 unspecified atom stereocenters. The van der Waals surface area contributed by atoms with E-state index in [-0.39, 0.29) is 47.2 Å². The molecule has 0 radical (unpaired) electrons. The molecule has 0 aliphatic carbocycles. The van der Waals surface area contributed by atoms with E-state index in [9.17, 15) is 28.2 Å². The normalized spacial score (nSPS) is 19.5. The second-order valence-corrected chi connectivity index (χ2v) is 7.63. The molecule has 0 spiro atoms. The van der Waals surface area contributed by atoms with Gasteiger partial charge >= 0.3 is 6.18 Å². The smallest absolute Gasteiger partial charge is 0.418 e. The summed E-state index contributed by atoms with van der Waals surface area (Å²) in [6.07, 6.45) is -3.47. The van der Waals surface area contributed by atoms with Crippen LogP contribution in [-0.2, 0) is 23.1 Å². The number of carbonyl (C=O) groups excluding carboxylic acids is 1. The summed E-state index contributed by atoms with van der Waals surface area (Å²) >= 11 is 0. The Morgan fingerprint density at radius 1 is 1.03 bits per heavy atom. The number of phenolic OH excluding ortho intramolecular Hbond substituents is 1. The Labute approximate surface area is 185 Å². The molecule has 7 nitrogen and oxygen atoms in total. The van der Waals surface area contributed by atoms with Crippen molar-refractivity contribution in [2.24, 2.45) is 0 Å². The molecule has 10 heteroatoms. The van der Waals surface area contributed by atoms with Crippen LogP contribution in [0.15, 0.2) is 54.7 Å². The number of amides is 1. The molecule has 170 valence electrons. The van der Waals surface area contributed by atoms with E-state index in [1.807, 2.05) is 0 Å². The highest BCUT2D eigenvalue weighted by atomic mass is 19.4. The summed E-state index contributed by atoms with van der Waals surface area (Å²) in [5, 5.41) is 22.3. The number of nitrogens with zero attached hydrogens (tertiary/aromatic N) is 2. The zero-order valence-electron chi connectivity index (χ0n) is 17.0. The van der Waals surface area contributed by atoms with Gasteiger partial charge < -0.3 is 24.6 Å². The fourth-order valence-electron chi connectivity index (χ4n) is 4.19. The number of benzene rings is 2. The highest BCUT2D eigenvalue weighted by molar-refractivity contribution is 6.09. The van der Waals surface area contributed by atoms with Crippen molar-refractivity contribution >= 4 is 11.6 Å². The van der Waals surface area contributed by atoms with E-state index < -0.39 is 35.5 Å². The first-order valence-electron chi connectivity index (χ1n) is 9.99. The maximum Gasteiger partial charge on any atom is 0.418 e. The largest absolute Gasteiger partial charge is 0.507 e. The summed E-state index contributed by atoms with van der Waals surface area (Å²) in [5.74, 6) is -0.852. The molecule has 33 heavy (non-hydrogen) atoms. The third-order valence-corrected chi connectivity index (χ3v) is 5.69. The van der Waals surface area contributed by atoms with E-state index in [0.29, 0.717) is 0 Å². The topological polar surface area (TPSA) is 92.1 Å². The lowest BCUT2D eigenvalue weighted by Gasteiger charge is -2.27. The van der Waals surface area contributed by atoms with E-state index >= 15 is 0 Å². The number of halogens is 3. The van der Waals surface area contributed by atoms with Crippen LogP contribution >= 0.6 is 0 Å². The van der Waals surface area contributed by atoms with Crippen LogP contribution in [0.25, 0.3) is 0 Å². The van der Waals surface area contributed by atoms with Crippen molar-refractivity contribution in [3.8, 4) is 17.2 Å². The molecule has 5 rings (SSSR count). The molecule has 1 atom stereocenters. The molecule has 0 fully saturated rings. The van der Waals surface area contributed by atoms with Gasteiger partial charge in [0.05, 0.1) is 23.5 Å². The Hall–Kier alpha value is -3.79. The lowest BCUT2D eigenvalue weighted by molar-refractivity contribution is -0.139. The Morgan fingerprint density at radius 3 is 2.45 bits per heavy atom. The summed E-state index contributed by atoms with van der Waals surface area (Å²) in [7, 11) is 0. The van der Waals surface area contributed by atoms with Crippen molar-refractivity contribution in [1.82, 2.24) is 4.98 Å². The van der Waals surface area contributed by atoms with Gasteiger partial charge in [-0.1, -0.05) is 18.2 Å². The third kappa shape index (κ3) is 3.25. The first-order valence-corrected chi connectivity index (χ1v) is 9.99. The van der Waals surface area contributed by atoms with Gasteiger partial charge in [0.2, 0.25) is 5.60 Å². The minimum Gasteiger partial charge on any atom is -0.507 e. The molecule has 0 saturated heterocycles. The molecule has 0 bridgehead atoms. The van der Waals surface area contributed by atoms with Crippen LogP contribution in [0.2, 0.25) is 0 Å². The molecule has 1 aromatic heterocycles. The minimum absolute atomic E-state index is 0.117. The lowest BCUT2D eigenvalue weighted by atomic mass is 9.86. The van der Waals surface area contributed by atoms with Crippen LogP contribution in [0.4, 0.5) is 18.9 Å². The molecule has 3 heterocycles. The number of aromatic hydroxyl groups is 1. The lowest BCUT2D eigenvalue weighted by Crippen LogP contribution is -2.41. The molecule has 2 aliphatic rings. The van der Waals surface area contributed by atoms with E-state index in [4.69, 9.17) is 9.47 Å². The number of alkyl halides is 3. The highest BCUT2D eigenvalue weighted by Crippen LogP contribution is 2.50. The van der Waals surface area contributed by atoms with Crippen molar-refractivity contribution in [2.75, 3.05) is 18.1 Å². The van der Waals surface area contributed by atoms with Crippen molar-refractivity contribution < 1.29 is 37.7 Å². The standard InChI is InChI=1S/C23H17F3N2O5/c24-23(25,26)13-5-3-7-27-16(13)12-28-17-6-2-1-4-14(17)22(31,21(28)30)15-10-19-20(11-18(15)29)33-9-8-32-19/h1-7,10-11,29,31H,8-9,12H2. The molecule has 0 saturated carbocycles. The van der Waals surface area contributed by atoms with Gasteiger partial charge in [-0.15, -0.1) is 0 Å². The first-order chi connectivity index (χ1) is 15.7. The van der Waals surface area contributed by atoms with Crippen LogP contribution in [0.3, 0.4) is 0 Å². The van der Waals surface area contributed by atoms with Crippen LogP contribution < -0.4 is 14.4 Å². The van der Waals surface area contributed by atoms with Crippen LogP contribution in [0, 0.1) is 0 Å². The maximum atomic E-state index is 13.6. The number of aliphatic hydroxyl groups is 1. The Balaban J connectivity index is 1.63. The van der Waals surface area contributed by atoms with E-state index in [1.165, 1.54) is 30.5 Å². The molecular formula is C23H17F3N2O5. The van der Waals surface area contributed by atoms with Crippen molar-refractivity contribution in [3.63, 3.8) is 0 Å². The van der Waals surface area contributed by atoms with Gasteiger partial charge in [-0.25, -0.2) is 0 Å². The number of phenols is 1. The average molecular weight is 458 g/mol. The number of pyridine rings is 1. The quantitative estimate of drug-likeness (QED) is 0.626. The van der Waals surface area contributed by atoms with Gasteiger partial charge in [0, 0.05) is 23.4 Å². The molecule has 2 aromatic carbocycles. The highest BCUT2D eigenvalue weighted by Gasteiger charge is 2.53. The summed E-state index contributed by atoms with van der Waals surface area (Å²) in [5.41, 5.74) is -3.55. The molecule has 2 aliphatic heterocycles. The number of hydrogen-bond donors (Lipinski definition) is 2. The van der Waals surface area contributed by atoms with Gasteiger partial charge in [-0.05, 0) is 24.3 Å². The first kappa shape index (κ1) is 21.1. The summed E-state index contributed by atoms with van der Waals surface area (Å²) in [4.78, 5) is 18.4. The predicted octanol–water partition coefficient (Wildman–Crippen LogP) is 3.36. The van der Waals surface area contributed by atoms with Gasteiger partial charge in [0.25, 0.3) is 5.91 Å². The Kier molecular flexibility index (Phi) is 4.71. The molecule has 1 amide bonds. The summed E-state index contributed by atoms with van der Waals surface area (Å²) in [6.45, 7) is -0.0113. The van der Waals surface area contributed by atoms with Crippen molar-refractivity contribution in [2.45, 2.75) is 18.3 Å². The van der Waals surface area contributed by atoms with E-state index in [1.54, 1.807) is 12.1 Å². The number of rotatable bonds is 3. The van der Waals surface area contributed by atoms with Crippen LogP contribution in [-0.4, -0.2) is 34.3 Å². The second kappa shape index (κ2) is 7.38. The van der Waals surface area contributed by atoms with Gasteiger partial charge in [-0.3, -0.25) is 9.78 Å². The zero-order chi connectivity index (χ0) is 23.4. The minimum atomic E-state index is -4.67.